The Hall–Kier alpha value is -2.71. The SMILES string of the molecule is CN1CCC(NCC(O)C(Cc2cc(F)cc(F)c2)NC(=O)OC(C)(C)C)c2cc(CC(C)(C)C)ccc21. The fourth-order valence-corrected chi connectivity index (χ4v) is 4.89. The highest BCUT2D eigenvalue weighted by Crippen LogP contribution is 2.35. The Kier molecular flexibility index (Phi) is 9.42. The third-order valence-electron chi connectivity index (χ3n) is 6.48. The number of benzene rings is 2. The Balaban J connectivity index is 1.77. The quantitative estimate of drug-likeness (QED) is 0.418. The van der Waals surface area contributed by atoms with Crippen LogP contribution in [0.5, 0.6) is 0 Å². The Morgan fingerprint density at radius 3 is 2.34 bits per heavy atom. The lowest BCUT2D eigenvalue weighted by atomic mass is 9.86. The van der Waals surface area contributed by atoms with Crippen LogP contribution in [0, 0.1) is 17.0 Å². The number of carbonyl (C=O) groups is 1. The van der Waals surface area contributed by atoms with Crippen molar-refractivity contribution in [3.63, 3.8) is 0 Å². The normalized spacial score (nSPS) is 17.5. The van der Waals surface area contributed by atoms with Crippen molar-refractivity contribution in [2.75, 3.05) is 25.0 Å². The first-order valence-corrected chi connectivity index (χ1v) is 13.3. The number of aliphatic hydroxyl groups excluding tert-OH is 1. The van der Waals surface area contributed by atoms with Gasteiger partial charge in [-0.1, -0.05) is 32.9 Å². The van der Waals surface area contributed by atoms with Gasteiger partial charge in [0.1, 0.15) is 17.2 Å². The van der Waals surface area contributed by atoms with E-state index in [4.69, 9.17) is 4.74 Å². The second-order valence-electron chi connectivity index (χ2n) is 12.6. The number of nitrogens with zero attached hydrogens (tertiary/aromatic N) is 1. The largest absolute Gasteiger partial charge is 0.444 e. The molecule has 0 bridgehead atoms. The number of anilines is 1. The molecule has 0 saturated heterocycles. The Morgan fingerprint density at radius 2 is 1.74 bits per heavy atom. The highest BCUT2D eigenvalue weighted by molar-refractivity contribution is 5.68. The fourth-order valence-electron chi connectivity index (χ4n) is 4.89. The molecule has 0 fully saturated rings. The second-order valence-corrected chi connectivity index (χ2v) is 12.6. The number of nitrogens with one attached hydrogen (secondary N) is 2. The summed E-state index contributed by atoms with van der Waals surface area (Å²) in [4.78, 5) is 14.8. The van der Waals surface area contributed by atoms with Crippen molar-refractivity contribution < 1.29 is 23.4 Å². The maximum Gasteiger partial charge on any atom is 0.407 e. The van der Waals surface area contributed by atoms with Crippen LogP contribution >= 0.6 is 0 Å². The molecule has 1 amide bonds. The van der Waals surface area contributed by atoms with Crippen LogP contribution in [0.1, 0.15) is 70.7 Å². The van der Waals surface area contributed by atoms with Gasteiger partial charge >= 0.3 is 6.09 Å². The Morgan fingerprint density at radius 1 is 1.08 bits per heavy atom. The molecule has 3 N–H and O–H groups in total. The summed E-state index contributed by atoms with van der Waals surface area (Å²) in [6, 6.07) is 8.98. The number of aliphatic hydroxyl groups is 1. The number of fused-ring (bicyclic) bond motifs is 1. The van der Waals surface area contributed by atoms with E-state index in [9.17, 15) is 18.7 Å². The van der Waals surface area contributed by atoms with Crippen molar-refractivity contribution in [2.24, 2.45) is 5.41 Å². The Labute approximate surface area is 225 Å². The number of alkyl carbamates (subject to hydrolysis) is 1. The summed E-state index contributed by atoms with van der Waals surface area (Å²) >= 11 is 0. The van der Waals surface area contributed by atoms with Crippen molar-refractivity contribution in [3.8, 4) is 0 Å². The van der Waals surface area contributed by atoms with Gasteiger partial charge in [0, 0.05) is 37.9 Å². The number of hydrogen-bond acceptors (Lipinski definition) is 5. The second kappa shape index (κ2) is 12.0. The first-order chi connectivity index (χ1) is 17.6. The molecule has 3 rings (SSSR count). The molecule has 0 radical (unpaired) electrons. The molecule has 1 aliphatic heterocycles. The van der Waals surface area contributed by atoms with Gasteiger partial charge in [-0.3, -0.25) is 0 Å². The zero-order valence-electron chi connectivity index (χ0n) is 23.7. The molecule has 6 nitrogen and oxygen atoms in total. The number of amides is 1. The molecule has 2 aromatic carbocycles. The molecule has 0 saturated carbocycles. The molecule has 3 atom stereocenters. The summed E-state index contributed by atoms with van der Waals surface area (Å²) in [6.45, 7) is 12.9. The van der Waals surface area contributed by atoms with Crippen LogP contribution in [0.4, 0.5) is 19.3 Å². The predicted molar refractivity (Wildman–Crippen MR) is 147 cm³/mol. The Bertz CT molecular complexity index is 1090. The van der Waals surface area contributed by atoms with Gasteiger partial charge in [-0.2, -0.15) is 0 Å². The van der Waals surface area contributed by atoms with E-state index in [1.165, 1.54) is 23.3 Å². The van der Waals surface area contributed by atoms with Gasteiger partial charge in [0.25, 0.3) is 0 Å². The lowest BCUT2D eigenvalue weighted by Crippen LogP contribution is -2.50. The van der Waals surface area contributed by atoms with Gasteiger partial charge in [-0.15, -0.1) is 0 Å². The zero-order chi connectivity index (χ0) is 28.3. The van der Waals surface area contributed by atoms with Gasteiger partial charge in [-0.05, 0) is 80.3 Å². The summed E-state index contributed by atoms with van der Waals surface area (Å²) in [5.74, 6) is -1.42. The monoisotopic (exact) mass is 531 g/mol. The minimum Gasteiger partial charge on any atom is -0.444 e. The zero-order valence-corrected chi connectivity index (χ0v) is 23.7. The number of ether oxygens (including phenoxy) is 1. The number of carbonyl (C=O) groups excluding carboxylic acids is 1. The van der Waals surface area contributed by atoms with Crippen molar-refractivity contribution in [3.05, 3.63) is 64.7 Å². The third kappa shape index (κ3) is 8.95. The van der Waals surface area contributed by atoms with Crippen LogP contribution in [0.15, 0.2) is 36.4 Å². The highest BCUT2D eigenvalue weighted by atomic mass is 19.1. The van der Waals surface area contributed by atoms with Gasteiger partial charge in [0.2, 0.25) is 0 Å². The first kappa shape index (κ1) is 29.8. The van der Waals surface area contributed by atoms with Crippen molar-refractivity contribution >= 4 is 11.8 Å². The van der Waals surface area contributed by atoms with E-state index in [2.05, 4.69) is 61.6 Å². The molecule has 210 valence electrons. The fraction of sp³-hybridized carbons (Fsp3) is 0.567. The van der Waals surface area contributed by atoms with Crippen LogP contribution in [-0.4, -0.2) is 49.1 Å². The molecular formula is C30H43F2N3O3. The van der Waals surface area contributed by atoms with Crippen LogP contribution in [0.25, 0.3) is 0 Å². The molecule has 38 heavy (non-hydrogen) atoms. The van der Waals surface area contributed by atoms with E-state index in [0.717, 1.165) is 31.1 Å². The summed E-state index contributed by atoms with van der Waals surface area (Å²) in [5.41, 5.74) is 3.35. The van der Waals surface area contributed by atoms with Crippen molar-refractivity contribution in [2.45, 2.75) is 84.6 Å². The molecule has 8 heteroatoms. The number of hydrogen-bond donors (Lipinski definition) is 3. The summed E-state index contributed by atoms with van der Waals surface area (Å²) < 4.78 is 33.0. The molecule has 0 aliphatic carbocycles. The van der Waals surface area contributed by atoms with E-state index in [-0.39, 0.29) is 24.4 Å². The molecule has 1 heterocycles. The summed E-state index contributed by atoms with van der Waals surface area (Å²) in [6.07, 6.45) is 0.112. The first-order valence-electron chi connectivity index (χ1n) is 13.3. The smallest absolute Gasteiger partial charge is 0.407 e. The van der Waals surface area contributed by atoms with Crippen molar-refractivity contribution in [1.82, 2.24) is 10.6 Å². The van der Waals surface area contributed by atoms with Crippen LogP contribution < -0.4 is 15.5 Å². The third-order valence-corrected chi connectivity index (χ3v) is 6.48. The molecule has 0 aromatic heterocycles. The number of rotatable bonds is 8. The van der Waals surface area contributed by atoms with Gasteiger partial charge in [-0.25, -0.2) is 13.6 Å². The molecule has 3 unspecified atom stereocenters. The average molecular weight is 532 g/mol. The van der Waals surface area contributed by atoms with Crippen LogP contribution in [0.2, 0.25) is 0 Å². The maximum atomic E-state index is 13.8. The molecule has 0 spiro atoms. The molecule has 1 aliphatic rings. The lowest BCUT2D eigenvalue weighted by Gasteiger charge is -2.35. The molecule has 2 aromatic rings. The van der Waals surface area contributed by atoms with Crippen molar-refractivity contribution in [1.29, 1.82) is 0 Å². The highest BCUT2D eigenvalue weighted by Gasteiger charge is 2.29. The summed E-state index contributed by atoms with van der Waals surface area (Å²) in [7, 11) is 2.08. The van der Waals surface area contributed by atoms with E-state index >= 15 is 0 Å². The van der Waals surface area contributed by atoms with Crippen LogP contribution in [-0.2, 0) is 17.6 Å². The van der Waals surface area contributed by atoms with E-state index in [0.29, 0.717) is 5.56 Å². The summed E-state index contributed by atoms with van der Waals surface area (Å²) in [5, 5.41) is 17.4. The molecular weight excluding hydrogens is 488 g/mol. The topological polar surface area (TPSA) is 73.8 Å². The standard InChI is InChI=1S/C30H43F2N3O3/c1-29(2,3)17-19-8-9-26-23(14-19)24(10-11-35(26)7)33-18-27(36)25(34-28(37)38-30(4,5)6)15-20-12-21(31)16-22(32)13-20/h8-9,12-14,16,24-25,27,33,36H,10-11,15,17-18H2,1-7H3,(H,34,37). The van der Waals surface area contributed by atoms with E-state index in [1.54, 1.807) is 20.8 Å². The maximum absolute atomic E-state index is 13.8. The number of halogens is 2. The minimum atomic E-state index is -1.03. The lowest BCUT2D eigenvalue weighted by molar-refractivity contribution is 0.0419. The minimum absolute atomic E-state index is 0.0181. The van der Waals surface area contributed by atoms with Gasteiger partial charge in [0.05, 0.1) is 12.1 Å². The average Bonchev–Trinajstić information content (AvgIpc) is 2.75. The van der Waals surface area contributed by atoms with Gasteiger partial charge < -0.3 is 25.4 Å². The van der Waals surface area contributed by atoms with Crippen LogP contribution in [0.3, 0.4) is 0 Å². The van der Waals surface area contributed by atoms with E-state index < -0.39 is 35.5 Å². The predicted octanol–water partition coefficient (Wildman–Crippen LogP) is 5.52. The van der Waals surface area contributed by atoms with Gasteiger partial charge in [0.15, 0.2) is 0 Å². The van der Waals surface area contributed by atoms with E-state index in [1.807, 2.05) is 0 Å².